The standard InChI is InChI=1S/C22H20FN3O4/c1-2-6-25-21(28)18-8-12(5-7-24-18)14-10-19-15(9-17(14)23)20(27)16(22(29)30)11-26(19)13-3-4-13/h5,7-11,13H,2-4,6H2,1H3,(H,25,28)(H,29,30). The maximum Gasteiger partial charge on any atom is 0.341 e. The van der Waals surface area contributed by atoms with Crippen molar-refractivity contribution in [2.75, 3.05) is 6.54 Å². The summed E-state index contributed by atoms with van der Waals surface area (Å²) in [7, 11) is 0. The Morgan fingerprint density at radius 2 is 2.07 bits per heavy atom. The number of nitrogens with one attached hydrogen (secondary N) is 1. The van der Waals surface area contributed by atoms with Gasteiger partial charge in [0.1, 0.15) is 17.1 Å². The van der Waals surface area contributed by atoms with Crippen LogP contribution in [0.3, 0.4) is 0 Å². The molecule has 0 radical (unpaired) electrons. The number of carbonyl (C=O) groups excluding carboxylic acids is 1. The van der Waals surface area contributed by atoms with Crippen LogP contribution >= 0.6 is 0 Å². The van der Waals surface area contributed by atoms with Crippen LogP contribution in [0.5, 0.6) is 0 Å². The molecule has 2 aromatic heterocycles. The molecule has 0 saturated heterocycles. The summed E-state index contributed by atoms with van der Waals surface area (Å²) in [6.07, 6.45) is 5.27. The monoisotopic (exact) mass is 409 g/mol. The molecule has 0 aliphatic heterocycles. The molecule has 154 valence electrons. The van der Waals surface area contributed by atoms with E-state index in [1.54, 1.807) is 16.7 Å². The summed E-state index contributed by atoms with van der Waals surface area (Å²) in [6.45, 7) is 2.44. The molecular formula is C22H20FN3O4. The first-order valence-electron chi connectivity index (χ1n) is 9.77. The lowest BCUT2D eigenvalue weighted by atomic mass is 10.0. The zero-order valence-electron chi connectivity index (χ0n) is 16.3. The van der Waals surface area contributed by atoms with Crippen molar-refractivity contribution in [2.45, 2.75) is 32.2 Å². The minimum Gasteiger partial charge on any atom is -0.477 e. The molecule has 1 aliphatic rings. The van der Waals surface area contributed by atoms with Crippen LogP contribution in [0.25, 0.3) is 22.0 Å². The number of aromatic carboxylic acids is 1. The first-order chi connectivity index (χ1) is 14.4. The molecule has 1 saturated carbocycles. The largest absolute Gasteiger partial charge is 0.477 e. The van der Waals surface area contributed by atoms with Crippen LogP contribution in [-0.2, 0) is 0 Å². The van der Waals surface area contributed by atoms with Gasteiger partial charge in [-0.05, 0) is 49.1 Å². The van der Waals surface area contributed by atoms with Crippen LogP contribution in [0.15, 0.2) is 41.5 Å². The quantitative estimate of drug-likeness (QED) is 0.650. The van der Waals surface area contributed by atoms with E-state index in [-0.39, 0.29) is 34.2 Å². The van der Waals surface area contributed by atoms with E-state index in [9.17, 15) is 23.9 Å². The molecular weight excluding hydrogens is 389 g/mol. The van der Waals surface area contributed by atoms with Gasteiger partial charge in [-0.25, -0.2) is 9.18 Å². The highest BCUT2D eigenvalue weighted by atomic mass is 19.1. The fourth-order valence-electron chi connectivity index (χ4n) is 3.45. The Kier molecular flexibility index (Phi) is 5.07. The highest BCUT2D eigenvalue weighted by molar-refractivity contribution is 5.95. The molecule has 1 aliphatic carbocycles. The summed E-state index contributed by atoms with van der Waals surface area (Å²) in [4.78, 5) is 40.3. The Bertz CT molecular complexity index is 1230. The first kappa shape index (κ1) is 19.8. The van der Waals surface area contributed by atoms with E-state index < -0.39 is 17.2 Å². The minimum absolute atomic E-state index is 0.0259. The molecule has 1 amide bonds. The van der Waals surface area contributed by atoms with Crippen molar-refractivity contribution in [3.05, 3.63) is 64.0 Å². The van der Waals surface area contributed by atoms with Crippen molar-refractivity contribution in [2.24, 2.45) is 0 Å². The molecule has 0 atom stereocenters. The van der Waals surface area contributed by atoms with E-state index in [1.165, 1.54) is 18.5 Å². The maximum absolute atomic E-state index is 15.0. The van der Waals surface area contributed by atoms with Crippen molar-refractivity contribution in [1.29, 1.82) is 0 Å². The number of fused-ring (bicyclic) bond motifs is 1. The number of benzene rings is 1. The molecule has 0 bridgehead atoms. The molecule has 1 aromatic carbocycles. The summed E-state index contributed by atoms with van der Waals surface area (Å²) in [5.41, 5.74) is 0.211. The highest BCUT2D eigenvalue weighted by Gasteiger charge is 2.27. The van der Waals surface area contributed by atoms with E-state index in [1.807, 2.05) is 6.92 Å². The third kappa shape index (κ3) is 3.56. The molecule has 0 spiro atoms. The topological polar surface area (TPSA) is 101 Å². The molecule has 7 nitrogen and oxygen atoms in total. The van der Waals surface area contributed by atoms with E-state index in [2.05, 4.69) is 10.3 Å². The average Bonchev–Trinajstić information content (AvgIpc) is 3.57. The van der Waals surface area contributed by atoms with E-state index in [4.69, 9.17) is 0 Å². The predicted molar refractivity (Wildman–Crippen MR) is 109 cm³/mol. The predicted octanol–water partition coefficient (Wildman–Crippen LogP) is 3.38. The second kappa shape index (κ2) is 7.70. The SMILES string of the molecule is CCCNC(=O)c1cc(-c2cc3c(cc2F)c(=O)c(C(=O)O)cn3C2CC2)ccn1. The number of carboxylic acid groups (broad SMARTS) is 1. The number of pyridine rings is 2. The summed E-state index contributed by atoms with van der Waals surface area (Å²) in [5, 5.41) is 12.1. The number of rotatable bonds is 6. The number of aromatic nitrogens is 2. The van der Waals surface area contributed by atoms with Crippen LogP contribution in [0.4, 0.5) is 4.39 Å². The van der Waals surface area contributed by atoms with Gasteiger partial charge in [0.15, 0.2) is 0 Å². The van der Waals surface area contributed by atoms with Crippen molar-refractivity contribution in [3.8, 4) is 11.1 Å². The second-order valence-corrected chi connectivity index (χ2v) is 7.35. The number of nitrogens with zero attached hydrogens (tertiary/aromatic N) is 2. The molecule has 3 aromatic rings. The third-order valence-corrected chi connectivity index (χ3v) is 5.13. The van der Waals surface area contributed by atoms with Crippen LogP contribution in [0, 0.1) is 5.82 Å². The lowest BCUT2D eigenvalue weighted by Crippen LogP contribution is -2.24. The van der Waals surface area contributed by atoms with E-state index >= 15 is 0 Å². The fourth-order valence-corrected chi connectivity index (χ4v) is 3.45. The van der Waals surface area contributed by atoms with Crippen LogP contribution < -0.4 is 10.7 Å². The Balaban J connectivity index is 1.87. The summed E-state index contributed by atoms with van der Waals surface area (Å²) >= 11 is 0. The van der Waals surface area contributed by atoms with Crippen molar-refractivity contribution >= 4 is 22.8 Å². The Hall–Kier alpha value is -3.55. The van der Waals surface area contributed by atoms with Crippen LogP contribution in [0.2, 0.25) is 0 Å². The first-order valence-corrected chi connectivity index (χ1v) is 9.77. The normalized spacial score (nSPS) is 13.4. The maximum atomic E-state index is 15.0. The number of carbonyl (C=O) groups is 2. The summed E-state index contributed by atoms with van der Waals surface area (Å²) in [5.74, 6) is -2.35. The zero-order chi connectivity index (χ0) is 21.4. The van der Waals surface area contributed by atoms with Gasteiger partial charge in [-0.15, -0.1) is 0 Å². The average molecular weight is 409 g/mol. The van der Waals surface area contributed by atoms with Gasteiger partial charge in [-0.2, -0.15) is 0 Å². The molecule has 30 heavy (non-hydrogen) atoms. The number of carboxylic acids is 1. The number of halogens is 1. The van der Waals surface area contributed by atoms with Gasteiger partial charge < -0.3 is 15.0 Å². The van der Waals surface area contributed by atoms with Crippen molar-refractivity contribution in [3.63, 3.8) is 0 Å². The molecule has 1 fully saturated rings. The highest BCUT2D eigenvalue weighted by Crippen LogP contribution is 2.38. The van der Waals surface area contributed by atoms with Gasteiger partial charge in [0.2, 0.25) is 5.43 Å². The van der Waals surface area contributed by atoms with Crippen LogP contribution in [-0.4, -0.2) is 33.1 Å². The third-order valence-electron chi connectivity index (χ3n) is 5.13. The van der Waals surface area contributed by atoms with Gasteiger partial charge in [-0.3, -0.25) is 14.6 Å². The van der Waals surface area contributed by atoms with Gasteiger partial charge in [0.25, 0.3) is 5.91 Å². The van der Waals surface area contributed by atoms with Gasteiger partial charge in [-0.1, -0.05) is 6.92 Å². The molecule has 8 heteroatoms. The number of amides is 1. The molecule has 2 N–H and O–H groups in total. The lowest BCUT2D eigenvalue weighted by Gasteiger charge is -2.14. The van der Waals surface area contributed by atoms with Gasteiger partial charge >= 0.3 is 5.97 Å². The Morgan fingerprint density at radius 3 is 2.73 bits per heavy atom. The number of hydrogen-bond acceptors (Lipinski definition) is 4. The van der Waals surface area contributed by atoms with E-state index in [0.717, 1.165) is 25.3 Å². The minimum atomic E-state index is -1.34. The Labute approximate surface area is 171 Å². The number of hydrogen-bond donors (Lipinski definition) is 2. The van der Waals surface area contributed by atoms with Crippen molar-refractivity contribution in [1.82, 2.24) is 14.9 Å². The second-order valence-electron chi connectivity index (χ2n) is 7.35. The zero-order valence-corrected chi connectivity index (χ0v) is 16.3. The van der Waals surface area contributed by atoms with Crippen LogP contribution in [0.1, 0.15) is 53.1 Å². The lowest BCUT2D eigenvalue weighted by molar-refractivity contribution is 0.0694. The fraction of sp³-hybridized carbons (Fsp3) is 0.273. The van der Waals surface area contributed by atoms with Crippen molar-refractivity contribution < 1.29 is 19.1 Å². The van der Waals surface area contributed by atoms with Gasteiger partial charge in [0, 0.05) is 35.9 Å². The molecule has 2 heterocycles. The molecule has 0 unspecified atom stereocenters. The van der Waals surface area contributed by atoms with E-state index in [0.29, 0.717) is 17.6 Å². The summed E-state index contributed by atoms with van der Waals surface area (Å²) < 4.78 is 16.7. The van der Waals surface area contributed by atoms with Gasteiger partial charge in [0.05, 0.1) is 5.52 Å². The smallest absolute Gasteiger partial charge is 0.341 e. The summed E-state index contributed by atoms with van der Waals surface area (Å²) in [6, 6.07) is 5.79. The Morgan fingerprint density at radius 1 is 1.30 bits per heavy atom. The molecule has 4 rings (SSSR count).